The molecule has 0 saturated heterocycles. The lowest BCUT2D eigenvalue weighted by Gasteiger charge is -2.11. The Labute approximate surface area is 189 Å². The van der Waals surface area contributed by atoms with Crippen molar-refractivity contribution in [3.05, 3.63) is 70.9 Å². The molecule has 0 aliphatic carbocycles. The molecular weight excluding hydrogens is 388 g/mol. The fraction of sp³-hybridized carbons (Fsp3) is 0.407. The molecule has 0 aliphatic rings. The third-order valence-corrected chi connectivity index (χ3v) is 3.83. The lowest BCUT2D eigenvalue weighted by atomic mass is 10.0. The van der Waals surface area contributed by atoms with Gasteiger partial charge in [-0.1, -0.05) is 69.2 Å². The monoisotopic (exact) mass is 428 g/mol. The minimum atomic E-state index is -1.00. The molecule has 1 N–H and O–H groups in total. The Hall–Kier alpha value is -2.88. The number of ether oxygens (including phenoxy) is 1. The molecule has 4 nitrogen and oxygen atoms in total. The molecule has 0 aromatic heterocycles. The van der Waals surface area contributed by atoms with Crippen LogP contribution in [0, 0.1) is 0 Å². The van der Waals surface area contributed by atoms with Gasteiger partial charge in [-0.15, -0.1) is 0 Å². The number of aliphatic carboxylic acids is 1. The van der Waals surface area contributed by atoms with E-state index in [1.807, 2.05) is 85.8 Å². The fourth-order valence-electron chi connectivity index (χ4n) is 2.40. The first-order valence-corrected chi connectivity index (χ1v) is 11.0. The quantitative estimate of drug-likeness (QED) is 0.145. The van der Waals surface area contributed by atoms with Gasteiger partial charge in [0.15, 0.2) is 0 Å². The van der Waals surface area contributed by atoms with Gasteiger partial charge in [0.05, 0.1) is 0 Å². The molecular formula is C27H40O4. The number of rotatable bonds is 9. The van der Waals surface area contributed by atoms with Crippen LogP contribution in [0.2, 0.25) is 0 Å². The van der Waals surface area contributed by atoms with Gasteiger partial charge in [-0.25, -0.2) is 4.79 Å². The Bertz CT molecular complexity index is 776. The van der Waals surface area contributed by atoms with Crippen molar-refractivity contribution in [3.8, 4) is 5.75 Å². The van der Waals surface area contributed by atoms with Crippen LogP contribution >= 0.6 is 0 Å². The van der Waals surface area contributed by atoms with Crippen molar-refractivity contribution < 1.29 is 19.4 Å². The molecule has 4 heteroatoms. The van der Waals surface area contributed by atoms with E-state index in [-0.39, 0.29) is 5.97 Å². The molecule has 1 aromatic rings. The number of hydrogen-bond donors (Lipinski definition) is 1. The first-order valence-electron chi connectivity index (χ1n) is 11.0. The van der Waals surface area contributed by atoms with Crippen molar-refractivity contribution in [2.75, 3.05) is 0 Å². The van der Waals surface area contributed by atoms with Gasteiger partial charge in [0.1, 0.15) is 5.75 Å². The summed E-state index contributed by atoms with van der Waals surface area (Å²) in [6, 6.07) is 5.31. The van der Waals surface area contributed by atoms with Crippen molar-refractivity contribution in [2.45, 2.75) is 74.7 Å². The van der Waals surface area contributed by atoms with E-state index in [4.69, 9.17) is 9.84 Å². The molecule has 172 valence electrons. The van der Waals surface area contributed by atoms with Crippen LogP contribution in [-0.4, -0.2) is 17.0 Å². The molecule has 1 rings (SSSR count). The van der Waals surface area contributed by atoms with Crippen molar-refractivity contribution in [3.63, 3.8) is 0 Å². The second kappa shape index (κ2) is 19.1. The Kier molecular flexibility index (Phi) is 18.7. The number of carbonyl (C=O) groups excluding carboxylic acids is 1. The second-order valence-corrected chi connectivity index (χ2v) is 6.36. The first-order chi connectivity index (χ1) is 14.8. The molecule has 0 saturated carbocycles. The van der Waals surface area contributed by atoms with E-state index in [1.54, 1.807) is 12.1 Å². The van der Waals surface area contributed by atoms with Gasteiger partial charge in [0.2, 0.25) is 0 Å². The molecule has 0 fully saturated rings. The Morgan fingerprint density at radius 1 is 1.00 bits per heavy atom. The van der Waals surface area contributed by atoms with Crippen LogP contribution in [0.25, 0.3) is 6.08 Å². The maximum Gasteiger partial charge on any atom is 0.328 e. The summed E-state index contributed by atoms with van der Waals surface area (Å²) in [7, 11) is 0. The SMILES string of the molecule is C/C=C\C(=C/C)CCC(=O)Oc1ccc(/C=C/C(=O)O)cc1CC=C(C)C.CC.CC. The van der Waals surface area contributed by atoms with Crippen molar-refractivity contribution in [1.82, 2.24) is 0 Å². The summed E-state index contributed by atoms with van der Waals surface area (Å²) in [5.41, 5.74) is 3.84. The number of benzene rings is 1. The van der Waals surface area contributed by atoms with Crippen LogP contribution in [0.1, 0.15) is 79.4 Å². The standard InChI is InChI=1S/C23H28O4.2C2H6/c1-5-7-18(6-2)11-15-23(26)27-21-13-9-19(10-14-22(24)25)16-20(21)12-8-17(3)4;2*1-2/h5-10,13-14,16H,11-12,15H2,1-4H3,(H,24,25);2*1-2H3/b7-5-,14-10+,18-6+;;. The second-order valence-electron chi connectivity index (χ2n) is 6.36. The number of allylic oxidation sites excluding steroid dienone is 6. The Morgan fingerprint density at radius 2 is 1.65 bits per heavy atom. The summed E-state index contributed by atoms with van der Waals surface area (Å²) >= 11 is 0. The molecule has 0 atom stereocenters. The van der Waals surface area contributed by atoms with Gasteiger partial charge >= 0.3 is 11.9 Å². The molecule has 0 radical (unpaired) electrons. The lowest BCUT2D eigenvalue weighted by molar-refractivity contribution is -0.134. The zero-order chi connectivity index (χ0) is 24.2. The topological polar surface area (TPSA) is 63.6 Å². The largest absolute Gasteiger partial charge is 0.478 e. The van der Waals surface area contributed by atoms with Crippen LogP contribution in [0.4, 0.5) is 0 Å². The number of esters is 1. The summed E-state index contributed by atoms with van der Waals surface area (Å²) in [5.74, 6) is -0.776. The summed E-state index contributed by atoms with van der Waals surface area (Å²) in [6.07, 6.45) is 12.1. The average Bonchev–Trinajstić information content (AvgIpc) is 2.77. The van der Waals surface area contributed by atoms with Gasteiger partial charge in [-0.2, -0.15) is 0 Å². The summed E-state index contributed by atoms with van der Waals surface area (Å²) in [4.78, 5) is 23.0. The van der Waals surface area contributed by atoms with Crippen LogP contribution in [0.5, 0.6) is 5.75 Å². The predicted molar refractivity (Wildman–Crippen MR) is 132 cm³/mol. The number of carboxylic acid groups (broad SMARTS) is 1. The Morgan fingerprint density at radius 3 is 2.16 bits per heavy atom. The van der Waals surface area contributed by atoms with Crippen LogP contribution < -0.4 is 4.74 Å². The van der Waals surface area contributed by atoms with E-state index < -0.39 is 5.97 Å². The molecule has 31 heavy (non-hydrogen) atoms. The number of hydrogen-bond acceptors (Lipinski definition) is 3. The van der Waals surface area contributed by atoms with Gasteiger partial charge < -0.3 is 9.84 Å². The molecule has 0 heterocycles. The Balaban J connectivity index is 0. The lowest BCUT2D eigenvalue weighted by Crippen LogP contribution is -2.09. The summed E-state index contributed by atoms with van der Waals surface area (Å²) in [6.45, 7) is 15.9. The van der Waals surface area contributed by atoms with Crippen molar-refractivity contribution >= 4 is 18.0 Å². The van der Waals surface area contributed by atoms with Gasteiger partial charge in [-0.05, 0) is 69.9 Å². The van der Waals surface area contributed by atoms with E-state index in [2.05, 4.69) is 0 Å². The van der Waals surface area contributed by atoms with Gasteiger partial charge in [0, 0.05) is 12.5 Å². The van der Waals surface area contributed by atoms with E-state index >= 15 is 0 Å². The molecule has 0 bridgehead atoms. The third kappa shape index (κ3) is 14.7. The molecule has 0 unspecified atom stereocenters. The smallest absolute Gasteiger partial charge is 0.328 e. The summed E-state index contributed by atoms with van der Waals surface area (Å²) < 4.78 is 5.57. The van der Waals surface area contributed by atoms with Crippen molar-refractivity contribution in [1.29, 1.82) is 0 Å². The maximum absolute atomic E-state index is 12.2. The first kappa shape index (κ1) is 30.3. The molecule has 1 aromatic carbocycles. The molecule has 0 aliphatic heterocycles. The molecule has 0 amide bonds. The molecule has 0 spiro atoms. The highest BCUT2D eigenvalue weighted by molar-refractivity contribution is 5.85. The van der Waals surface area contributed by atoms with E-state index in [9.17, 15) is 9.59 Å². The van der Waals surface area contributed by atoms with E-state index in [1.165, 1.54) is 6.08 Å². The van der Waals surface area contributed by atoms with Crippen LogP contribution in [-0.2, 0) is 16.0 Å². The third-order valence-electron chi connectivity index (χ3n) is 3.83. The normalized spacial score (nSPS) is 10.6. The number of carboxylic acids is 1. The maximum atomic E-state index is 12.2. The fourth-order valence-corrected chi connectivity index (χ4v) is 2.40. The average molecular weight is 429 g/mol. The van der Waals surface area contributed by atoms with Crippen LogP contribution in [0.3, 0.4) is 0 Å². The highest BCUT2D eigenvalue weighted by Crippen LogP contribution is 2.23. The minimum absolute atomic E-state index is 0.286. The number of carbonyl (C=O) groups is 2. The zero-order valence-electron chi connectivity index (χ0n) is 20.5. The predicted octanol–water partition coefficient (Wildman–Crippen LogP) is 7.55. The van der Waals surface area contributed by atoms with Crippen LogP contribution in [0.15, 0.2) is 59.7 Å². The van der Waals surface area contributed by atoms with Gasteiger partial charge in [-0.3, -0.25) is 4.79 Å². The van der Waals surface area contributed by atoms with Crippen molar-refractivity contribution in [2.24, 2.45) is 0 Å². The highest BCUT2D eigenvalue weighted by atomic mass is 16.5. The van der Waals surface area contributed by atoms with Gasteiger partial charge in [0.25, 0.3) is 0 Å². The zero-order valence-corrected chi connectivity index (χ0v) is 20.5. The highest BCUT2D eigenvalue weighted by Gasteiger charge is 2.10. The van der Waals surface area contributed by atoms with E-state index in [0.717, 1.165) is 28.3 Å². The minimum Gasteiger partial charge on any atom is -0.478 e. The van der Waals surface area contributed by atoms with E-state index in [0.29, 0.717) is 25.0 Å². The summed E-state index contributed by atoms with van der Waals surface area (Å²) in [5, 5.41) is 8.78.